The van der Waals surface area contributed by atoms with Crippen LogP contribution >= 0.6 is 0 Å². The van der Waals surface area contributed by atoms with E-state index in [0.29, 0.717) is 12.0 Å². The van der Waals surface area contributed by atoms with Gasteiger partial charge in [-0.2, -0.15) is 0 Å². The average Bonchev–Trinajstić information content (AvgIpc) is 2.17. The summed E-state index contributed by atoms with van der Waals surface area (Å²) < 4.78 is 5.10. The molecule has 0 bridgehead atoms. The summed E-state index contributed by atoms with van der Waals surface area (Å²) in [6.07, 6.45) is 2.39. The van der Waals surface area contributed by atoms with Crippen molar-refractivity contribution in [3.05, 3.63) is 29.8 Å². The largest absolute Gasteiger partial charge is 0.497 e. The van der Waals surface area contributed by atoms with Crippen molar-refractivity contribution in [2.45, 2.75) is 24.8 Å². The summed E-state index contributed by atoms with van der Waals surface area (Å²) >= 11 is 0. The fraction of sp³-hybridized carbons (Fsp3) is 0.455. The van der Waals surface area contributed by atoms with Crippen LogP contribution in [0.25, 0.3) is 0 Å². The maximum Gasteiger partial charge on any atom is 0.118 e. The van der Waals surface area contributed by atoms with Gasteiger partial charge in [0.15, 0.2) is 0 Å². The van der Waals surface area contributed by atoms with Crippen molar-refractivity contribution in [2.24, 2.45) is 5.73 Å². The van der Waals surface area contributed by atoms with E-state index in [1.165, 1.54) is 12.0 Å². The Bertz CT molecular complexity index is 281. The normalized spacial score (nSPS) is 26.6. The lowest BCUT2D eigenvalue weighted by Crippen LogP contribution is -2.37. The highest BCUT2D eigenvalue weighted by Gasteiger charge is 2.28. The standard InChI is InChI=1S/C11H15NO/c1-13-9-4-2-8(3-5-9)10-6-7-11(10)12/h2-5,10-11H,6-7,12H2,1H3. The van der Waals surface area contributed by atoms with Gasteiger partial charge >= 0.3 is 0 Å². The fourth-order valence-corrected chi connectivity index (χ4v) is 1.79. The molecule has 1 aromatic rings. The molecule has 1 aliphatic carbocycles. The topological polar surface area (TPSA) is 35.2 Å². The molecule has 1 fully saturated rings. The molecular formula is C11H15NO. The van der Waals surface area contributed by atoms with Crippen molar-refractivity contribution < 1.29 is 4.74 Å². The second-order valence-electron chi connectivity index (χ2n) is 3.62. The predicted molar refractivity (Wildman–Crippen MR) is 52.9 cm³/mol. The third-order valence-electron chi connectivity index (χ3n) is 2.87. The fourth-order valence-electron chi connectivity index (χ4n) is 1.79. The van der Waals surface area contributed by atoms with Crippen molar-refractivity contribution >= 4 is 0 Å². The van der Waals surface area contributed by atoms with Crippen molar-refractivity contribution in [3.63, 3.8) is 0 Å². The first-order chi connectivity index (χ1) is 6.31. The van der Waals surface area contributed by atoms with Gasteiger partial charge in [0.2, 0.25) is 0 Å². The van der Waals surface area contributed by atoms with E-state index in [9.17, 15) is 0 Å². The molecule has 0 aliphatic heterocycles. The maximum absolute atomic E-state index is 5.89. The molecule has 2 heteroatoms. The molecule has 1 saturated carbocycles. The van der Waals surface area contributed by atoms with Crippen molar-refractivity contribution in [1.29, 1.82) is 0 Å². The third kappa shape index (κ3) is 1.54. The summed E-state index contributed by atoms with van der Waals surface area (Å²) in [6.45, 7) is 0. The van der Waals surface area contributed by atoms with Gasteiger partial charge in [0.25, 0.3) is 0 Å². The molecule has 70 valence electrons. The van der Waals surface area contributed by atoms with E-state index in [1.54, 1.807) is 7.11 Å². The molecule has 2 rings (SSSR count). The number of benzene rings is 1. The molecular weight excluding hydrogens is 162 g/mol. The summed E-state index contributed by atoms with van der Waals surface area (Å²) in [5, 5.41) is 0. The van der Waals surface area contributed by atoms with Gasteiger partial charge in [0.05, 0.1) is 7.11 Å². The van der Waals surface area contributed by atoms with Gasteiger partial charge in [-0.1, -0.05) is 12.1 Å². The summed E-state index contributed by atoms with van der Waals surface area (Å²) in [4.78, 5) is 0. The highest BCUT2D eigenvalue weighted by molar-refractivity contribution is 5.31. The Morgan fingerprint density at radius 1 is 1.23 bits per heavy atom. The summed E-state index contributed by atoms with van der Waals surface area (Å²) in [5.74, 6) is 1.49. The number of methoxy groups -OCH3 is 1. The lowest BCUT2D eigenvalue weighted by molar-refractivity contribution is 0.346. The Kier molecular flexibility index (Phi) is 2.23. The smallest absolute Gasteiger partial charge is 0.118 e. The van der Waals surface area contributed by atoms with Gasteiger partial charge in [-0.25, -0.2) is 0 Å². The highest BCUT2D eigenvalue weighted by atomic mass is 16.5. The molecule has 2 N–H and O–H groups in total. The van der Waals surface area contributed by atoms with Gasteiger partial charge in [-0.05, 0) is 36.5 Å². The molecule has 0 aromatic heterocycles. The molecule has 0 saturated heterocycles. The van der Waals surface area contributed by atoms with E-state index < -0.39 is 0 Å². The van der Waals surface area contributed by atoms with Crippen LogP contribution in [-0.4, -0.2) is 13.2 Å². The number of ether oxygens (including phenoxy) is 1. The molecule has 2 unspecified atom stereocenters. The number of hydrogen-bond donors (Lipinski definition) is 1. The summed E-state index contributed by atoms with van der Waals surface area (Å²) in [6, 6.07) is 8.60. The highest BCUT2D eigenvalue weighted by Crippen LogP contribution is 2.35. The van der Waals surface area contributed by atoms with E-state index in [2.05, 4.69) is 12.1 Å². The van der Waals surface area contributed by atoms with E-state index in [0.717, 1.165) is 12.2 Å². The van der Waals surface area contributed by atoms with Crippen molar-refractivity contribution in [2.75, 3.05) is 7.11 Å². The molecule has 0 heterocycles. The molecule has 13 heavy (non-hydrogen) atoms. The predicted octanol–water partition coefficient (Wildman–Crippen LogP) is 1.90. The van der Waals surface area contributed by atoms with Crippen LogP contribution in [0.15, 0.2) is 24.3 Å². The Hall–Kier alpha value is -1.02. The lowest BCUT2D eigenvalue weighted by Gasteiger charge is -2.33. The van der Waals surface area contributed by atoms with Crippen molar-refractivity contribution in [3.8, 4) is 5.75 Å². The van der Waals surface area contributed by atoms with Gasteiger partial charge < -0.3 is 10.5 Å². The van der Waals surface area contributed by atoms with Gasteiger partial charge in [-0.15, -0.1) is 0 Å². The van der Waals surface area contributed by atoms with Crippen LogP contribution in [0.4, 0.5) is 0 Å². The number of nitrogens with two attached hydrogens (primary N) is 1. The van der Waals surface area contributed by atoms with E-state index >= 15 is 0 Å². The third-order valence-corrected chi connectivity index (χ3v) is 2.87. The zero-order valence-corrected chi connectivity index (χ0v) is 7.86. The van der Waals surface area contributed by atoms with Crippen LogP contribution in [0.1, 0.15) is 24.3 Å². The summed E-state index contributed by atoms with van der Waals surface area (Å²) in [7, 11) is 1.68. The Morgan fingerprint density at radius 3 is 2.31 bits per heavy atom. The van der Waals surface area contributed by atoms with Gasteiger partial charge in [0.1, 0.15) is 5.75 Å². The molecule has 1 aromatic carbocycles. The Labute approximate surface area is 78.7 Å². The van der Waals surface area contributed by atoms with Crippen LogP contribution in [0.3, 0.4) is 0 Å². The van der Waals surface area contributed by atoms with Gasteiger partial charge in [0, 0.05) is 6.04 Å². The minimum absolute atomic E-state index is 0.369. The monoisotopic (exact) mass is 177 g/mol. The number of hydrogen-bond acceptors (Lipinski definition) is 2. The minimum atomic E-state index is 0.369. The average molecular weight is 177 g/mol. The maximum atomic E-state index is 5.89. The van der Waals surface area contributed by atoms with Crippen molar-refractivity contribution in [1.82, 2.24) is 0 Å². The number of rotatable bonds is 2. The molecule has 2 nitrogen and oxygen atoms in total. The molecule has 0 spiro atoms. The Morgan fingerprint density at radius 2 is 1.92 bits per heavy atom. The first kappa shape index (κ1) is 8.57. The molecule has 0 amide bonds. The van der Waals surface area contributed by atoms with E-state index in [1.807, 2.05) is 12.1 Å². The molecule has 1 aliphatic rings. The zero-order valence-electron chi connectivity index (χ0n) is 7.86. The first-order valence-corrected chi connectivity index (χ1v) is 4.71. The van der Waals surface area contributed by atoms with Crippen LogP contribution < -0.4 is 10.5 Å². The Balaban J connectivity index is 2.13. The molecule has 0 radical (unpaired) electrons. The second-order valence-corrected chi connectivity index (χ2v) is 3.62. The van der Waals surface area contributed by atoms with Gasteiger partial charge in [-0.3, -0.25) is 0 Å². The van der Waals surface area contributed by atoms with E-state index in [4.69, 9.17) is 10.5 Å². The molecule has 2 atom stereocenters. The summed E-state index contributed by atoms with van der Waals surface area (Å²) in [5.41, 5.74) is 7.24. The van der Waals surface area contributed by atoms with Crippen LogP contribution in [0.5, 0.6) is 5.75 Å². The minimum Gasteiger partial charge on any atom is -0.497 e. The zero-order chi connectivity index (χ0) is 9.26. The first-order valence-electron chi connectivity index (χ1n) is 4.71. The second kappa shape index (κ2) is 3.38. The van der Waals surface area contributed by atoms with Crippen LogP contribution in [-0.2, 0) is 0 Å². The SMILES string of the molecule is COc1ccc(C2CCC2N)cc1. The van der Waals surface area contributed by atoms with Crippen LogP contribution in [0.2, 0.25) is 0 Å². The van der Waals surface area contributed by atoms with Crippen LogP contribution in [0, 0.1) is 0 Å². The quantitative estimate of drug-likeness (QED) is 0.748. The van der Waals surface area contributed by atoms with E-state index in [-0.39, 0.29) is 0 Å². The lowest BCUT2D eigenvalue weighted by atomic mass is 9.76.